The van der Waals surface area contributed by atoms with Crippen LogP contribution in [0.1, 0.15) is 31.2 Å². The minimum absolute atomic E-state index is 0.246. The number of hydrogen-bond acceptors (Lipinski definition) is 4. The van der Waals surface area contributed by atoms with E-state index in [1.54, 1.807) is 24.3 Å². The average molecular weight is 213 g/mol. The third kappa shape index (κ3) is 1.94. The fourth-order valence-electron chi connectivity index (χ4n) is 1.27. The van der Waals surface area contributed by atoms with Gasteiger partial charge in [0.05, 0.1) is 11.6 Å². The standard InChI is InChI=1S/C12H11N3O/c1-8(2)11-14-12(16-15-11)10-5-3-9(7-13)4-6-10/h3-6,8H,1-2H3. The first-order valence-corrected chi connectivity index (χ1v) is 5.05. The first-order valence-electron chi connectivity index (χ1n) is 5.05. The Hall–Kier alpha value is -2.15. The molecule has 2 rings (SSSR count). The highest BCUT2D eigenvalue weighted by atomic mass is 16.5. The molecule has 80 valence electrons. The van der Waals surface area contributed by atoms with E-state index in [2.05, 4.69) is 16.2 Å². The third-order valence-electron chi connectivity index (χ3n) is 2.22. The molecule has 0 saturated heterocycles. The maximum absolute atomic E-state index is 8.67. The number of hydrogen-bond donors (Lipinski definition) is 0. The van der Waals surface area contributed by atoms with Crippen LogP contribution in [-0.2, 0) is 0 Å². The largest absolute Gasteiger partial charge is 0.334 e. The zero-order chi connectivity index (χ0) is 11.5. The zero-order valence-electron chi connectivity index (χ0n) is 9.14. The maximum atomic E-state index is 8.67. The van der Waals surface area contributed by atoms with Gasteiger partial charge in [-0.05, 0) is 24.3 Å². The molecule has 4 nitrogen and oxygen atoms in total. The van der Waals surface area contributed by atoms with E-state index in [4.69, 9.17) is 9.78 Å². The molecule has 0 N–H and O–H groups in total. The molecule has 0 fully saturated rings. The monoisotopic (exact) mass is 213 g/mol. The Morgan fingerprint density at radius 2 is 1.94 bits per heavy atom. The molecule has 2 aromatic rings. The van der Waals surface area contributed by atoms with Gasteiger partial charge in [0.15, 0.2) is 5.82 Å². The lowest BCUT2D eigenvalue weighted by molar-refractivity contribution is 0.419. The number of rotatable bonds is 2. The molecule has 0 aliphatic heterocycles. The van der Waals surface area contributed by atoms with Crippen molar-refractivity contribution < 1.29 is 4.52 Å². The summed E-state index contributed by atoms with van der Waals surface area (Å²) < 4.78 is 5.14. The quantitative estimate of drug-likeness (QED) is 0.769. The van der Waals surface area contributed by atoms with E-state index >= 15 is 0 Å². The highest BCUT2D eigenvalue weighted by molar-refractivity contribution is 5.54. The summed E-state index contributed by atoms with van der Waals surface area (Å²) in [5, 5.41) is 12.6. The molecule has 0 amide bonds. The van der Waals surface area contributed by atoms with Crippen molar-refractivity contribution in [1.29, 1.82) is 5.26 Å². The summed E-state index contributed by atoms with van der Waals surface area (Å²) in [5.41, 5.74) is 1.45. The molecule has 1 heterocycles. The lowest BCUT2D eigenvalue weighted by atomic mass is 10.1. The Morgan fingerprint density at radius 1 is 1.25 bits per heavy atom. The normalized spacial score (nSPS) is 10.4. The van der Waals surface area contributed by atoms with Gasteiger partial charge in [0.2, 0.25) is 0 Å². The van der Waals surface area contributed by atoms with E-state index < -0.39 is 0 Å². The van der Waals surface area contributed by atoms with Gasteiger partial charge < -0.3 is 4.52 Å². The molecule has 16 heavy (non-hydrogen) atoms. The first kappa shape index (κ1) is 10.4. The third-order valence-corrected chi connectivity index (χ3v) is 2.22. The van der Waals surface area contributed by atoms with Gasteiger partial charge in [0.25, 0.3) is 5.89 Å². The number of benzene rings is 1. The smallest absolute Gasteiger partial charge is 0.257 e. The summed E-state index contributed by atoms with van der Waals surface area (Å²) in [4.78, 5) is 4.27. The predicted octanol–water partition coefficient (Wildman–Crippen LogP) is 2.73. The second-order valence-electron chi connectivity index (χ2n) is 3.80. The highest BCUT2D eigenvalue weighted by Gasteiger charge is 2.10. The van der Waals surface area contributed by atoms with Crippen LogP contribution in [0.3, 0.4) is 0 Å². The molecule has 0 saturated carbocycles. The van der Waals surface area contributed by atoms with Crippen molar-refractivity contribution in [2.75, 3.05) is 0 Å². The van der Waals surface area contributed by atoms with E-state index in [1.165, 1.54) is 0 Å². The van der Waals surface area contributed by atoms with Crippen LogP contribution in [-0.4, -0.2) is 10.1 Å². The van der Waals surface area contributed by atoms with Gasteiger partial charge in [0, 0.05) is 11.5 Å². The van der Waals surface area contributed by atoms with E-state index in [1.807, 2.05) is 13.8 Å². The molecule has 0 atom stereocenters. The molecule has 1 aromatic heterocycles. The molecule has 1 aromatic carbocycles. The average Bonchev–Trinajstić information content (AvgIpc) is 2.78. The Bertz CT molecular complexity index is 520. The number of nitriles is 1. The van der Waals surface area contributed by atoms with Crippen molar-refractivity contribution >= 4 is 0 Å². The van der Waals surface area contributed by atoms with Gasteiger partial charge in [-0.1, -0.05) is 19.0 Å². The van der Waals surface area contributed by atoms with Gasteiger partial charge in [0.1, 0.15) is 0 Å². The summed E-state index contributed by atoms with van der Waals surface area (Å²) in [5.74, 6) is 1.43. The number of nitrogens with zero attached hydrogens (tertiary/aromatic N) is 3. The van der Waals surface area contributed by atoms with Gasteiger partial charge in [-0.25, -0.2) is 0 Å². The van der Waals surface area contributed by atoms with Crippen LogP contribution in [0, 0.1) is 11.3 Å². The summed E-state index contributed by atoms with van der Waals surface area (Å²) in [7, 11) is 0. The zero-order valence-corrected chi connectivity index (χ0v) is 9.14. The second kappa shape index (κ2) is 4.15. The minimum atomic E-state index is 0.246. The SMILES string of the molecule is CC(C)c1noc(-c2ccc(C#N)cc2)n1. The van der Waals surface area contributed by atoms with Crippen molar-refractivity contribution in [3.63, 3.8) is 0 Å². The molecular weight excluding hydrogens is 202 g/mol. The molecule has 0 spiro atoms. The van der Waals surface area contributed by atoms with Crippen LogP contribution in [0.4, 0.5) is 0 Å². The summed E-state index contributed by atoms with van der Waals surface area (Å²) in [6, 6.07) is 9.13. The van der Waals surface area contributed by atoms with Crippen molar-refractivity contribution in [1.82, 2.24) is 10.1 Å². The van der Waals surface area contributed by atoms with Crippen LogP contribution in [0.2, 0.25) is 0 Å². The van der Waals surface area contributed by atoms with Crippen molar-refractivity contribution in [3.05, 3.63) is 35.7 Å². The lowest BCUT2D eigenvalue weighted by Crippen LogP contribution is -1.89. The molecule has 0 radical (unpaired) electrons. The van der Waals surface area contributed by atoms with E-state index in [-0.39, 0.29) is 5.92 Å². The first-order chi connectivity index (χ1) is 7.70. The topological polar surface area (TPSA) is 62.7 Å². The fourth-order valence-corrected chi connectivity index (χ4v) is 1.27. The molecule has 4 heteroatoms. The van der Waals surface area contributed by atoms with Crippen LogP contribution in [0.15, 0.2) is 28.8 Å². The summed E-state index contributed by atoms with van der Waals surface area (Å²) in [6.07, 6.45) is 0. The fraction of sp³-hybridized carbons (Fsp3) is 0.250. The van der Waals surface area contributed by atoms with Crippen LogP contribution < -0.4 is 0 Å². The Kier molecular flexibility index (Phi) is 2.69. The van der Waals surface area contributed by atoms with Gasteiger partial charge in [-0.2, -0.15) is 10.2 Å². The van der Waals surface area contributed by atoms with Crippen LogP contribution >= 0.6 is 0 Å². The maximum Gasteiger partial charge on any atom is 0.257 e. The Morgan fingerprint density at radius 3 is 2.44 bits per heavy atom. The Balaban J connectivity index is 2.32. The molecule has 0 aliphatic rings. The van der Waals surface area contributed by atoms with E-state index in [0.717, 1.165) is 5.56 Å². The number of aromatic nitrogens is 2. The lowest BCUT2D eigenvalue weighted by Gasteiger charge is -1.94. The van der Waals surface area contributed by atoms with Crippen molar-refractivity contribution in [2.45, 2.75) is 19.8 Å². The van der Waals surface area contributed by atoms with Crippen molar-refractivity contribution in [2.24, 2.45) is 0 Å². The van der Waals surface area contributed by atoms with Gasteiger partial charge in [-0.3, -0.25) is 0 Å². The summed E-state index contributed by atoms with van der Waals surface area (Å²) >= 11 is 0. The van der Waals surface area contributed by atoms with Crippen molar-refractivity contribution in [3.8, 4) is 17.5 Å². The highest BCUT2D eigenvalue weighted by Crippen LogP contribution is 2.20. The van der Waals surface area contributed by atoms with Gasteiger partial charge >= 0.3 is 0 Å². The van der Waals surface area contributed by atoms with E-state index in [0.29, 0.717) is 17.3 Å². The van der Waals surface area contributed by atoms with Crippen LogP contribution in [0.25, 0.3) is 11.5 Å². The predicted molar refractivity (Wildman–Crippen MR) is 58.5 cm³/mol. The summed E-state index contributed by atoms with van der Waals surface area (Å²) in [6.45, 7) is 4.01. The Labute approximate surface area is 93.5 Å². The second-order valence-corrected chi connectivity index (χ2v) is 3.80. The molecule has 0 aliphatic carbocycles. The van der Waals surface area contributed by atoms with Gasteiger partial charge in [-0.15, -0.1) is 0 Å². The molecule has 0 bridgehead atoms. The minimum Gasteiger partial charge on any atom is -0.334 e. The van der Waals surface area contributed by atoms with E-state index in [9.17, 15) is 0 Å². The molecular formula is C12H11N3O. The molecule has 0 unspecified atom stereocenters. The van der Waals surface area contributed by atoms with Crippen LogP contribution in [0.5, 0.6) is 0 Å².